The Balaban J connectivity index is 1.95. The van der Waals surface area contributed by atoms with Crippen molar-refractivity contribution in [1.29, 1.82) is 0 Å². The molecule has 1 unspecified atom stereocenters. The maximum absolute atomic E-state index is 12.0. The Morgan fingerprint density at radius 3 is 2.64 bits per heavy atom. The molecule has 2 heterocycles. The second-order valence-corrected chi connectivity index (χ2v) is 6.11. The van der Waals surface area contributed by atoms with Crippen LogP contribution in [0, 0.1) is 0 Å². The van der Waals surface area contributed by atoms with E-state index in [0.717, 1.165) is 4.88 Å². The number of thiophene rings is 1. The minimum absolute atomic E-state index is 0.388. The summed E-state index contributed by atoms with van der Waals surface area (Å²) in [5.74, 6) is 0. The maximum atomic E-state index is 12.0. The van der Waals surface area contributed by atoms with Crippen LogP contribution in [0.2, 0.25) is 5.02 Å². The molecule has 1 aromatic heterocycles. The Hall–Kier alpha value is -2.21. The Morgan fingerprint density at radius 2 is 2.00 bits per heavy atom. The number of quaternary nitrogens is 1. The van der Waals surface area contributed by atoms with Gasteiger partial charge in [0.1, 0.15) is 11.9 Å². The van der Waals surface area contributed by atoms with Crippen LogP contribution in [0.4, 0.5) is 10.5 Å². The summed E-state index contributed by atoms with van der Waals surface area (Å²) < 4.78 is -0.388. The van der Waals surface area contributed by atoms with Crippen LogP contribution < -0.4 is 10.3 Å². The fraction of sp³-hybridized carbons (Fsp3) is 0. The Morgan fingerprint density at radius 1 is 1.23 bits per heavy atom. The van der Waals surface area contributed by atoms with Crippen molar-refractivity contribution in [2.45, 2.75) is 0 Å². The van der Waals surface area contributed by atoms with Gasteiger partial charge >= 0.3 is 6.03 Å². The third kappa shape index (κ3) is 2.74. The highest BCUT2D eigenvalue weighted by Crippen LogP contribution is 2.29. The zero-order valence-electron chi connectivity index (χ0n) is 11.5. The molecule has 2 N–H and O–H groups in total. The molecule has 1 aliphatic heterocycles. The quantitative estimate of drug-likeness (QED) is 0.834. The Labute approximate surface area is 137 Å². The molecule has 0 radical (unpaired) electrons. The maximum Gasteiger partial charge on any atom is 0.450 e. The van der Waals surface area contributed by atoms with E-state index in [0.29, 0.717) is 16.4 Å². The minimum Gasteiger partial charge on any atom is -0.316 e. The number of halogens is 1. The van der Waals surface area contributed by atoms with Crippen LogP contribution in [0.1, 0.15) is 4.88 Å². The smallest absolute Gasteiger partial charge is 0.316 e. The van der Waals surface area contributed by atoms with Crippen molar-refractivity contribution in [1.82, 2.24) is 4.59 Å². The van der Waals surface area contributed by atoms with Gasteiger partial charge in [0.05, 0.1) is 0 Å². The monoisotopic (exact) mass is 330 g/mol. The number of rotatable bonds is 3. The summed E-state index contributed by atoms with van der Waals surface area (Å²) in [5, 5.41) is 7.06. The second kappa shape index (κ2) is 5.88. The lowest BCUT2D eigenvalue weighted by Crippen LogP contribution is -2.47. The van der Waals surface area contributed by atoms with Gasteiger partial charge in [0, 0.05) is 28.1 Å². The number of hydrogen-bond donors (Lipinski definition) is 1. The van der Waals surface area contributed by atoms with Crippen LogP contribution in [0.5, 0.6) is 0 Å². The van der Waals surface area contributed by atoms with Crippen molar-refractivity contribution in [2.24, 2.45) is 10.8 Å². The van der Waals surface area contributed by atoms with Gasteiger partial charge in [0.25, 0.3) is 0 Å². The van der Waals surface area contributed by atoms with E-state index in [-0.39, 0.29) is 4.59 Å². The lowest BCUT2D eigenvalue weighted by atomic mass is 10.3. The first-order valence-electron chi connectivity index (χ1n) is 6.56. The molecule has 0 saturated carbocycles. The molecule has 0 aliphatic carbocycles. The van der Waals surface area contributed by atoms with Crippen LogP contribution in [0.15, 0.2) is 65.2 Å². The van der Waals surface area contributed by atoms with Gasteiger partial charge in [-0.05, 0) is 35.7 Å². The first-order valence-corrected chi connectivity index (χ1v) is 7.82. The van der Waals surface area contributed by atoms with Crippen molar-refractivity contribution in [3.05, 3.63) is 70.0 Å². The van der Waals surface area contributed by atoms with Crippen molar-refractivity contribution in [3.8, 4) is 0 Å². The molecule has 0 bridgehead atoms. The summed E-state index contributed by atoms with van der Waals surface area (Å²) in [4.78, 5) is 13.1. The number of nitrogens with two attached hydrogens (primary N) is 1. The first-order chi connectivity index (χ1) is 10.6. The van der Waals surface area contributed by atoms with Crippen LogP contribution in [0.3, 0.4) is 0 Å². The van der Waals surface area contributed by atoms with Gasteiger partial charge in [0.2, 0.25) is 0 Å². The van der Waals surface area contributed by atoms with E-state index >= 15 is 0 Å². The number of urea groups is 1. The molecule has 3 rings (SSSR count). The summed E-state index contributed by atoms with van der Waals surface area (Å²) in [6.45, 7) is 0. The highest BCUT2D eigenvalue weighted by atomic mass is 35.5. The van der Waals surface area contributed by atoms with Crippen molar-refractivity contribution < 1.29 is 4.79 Å². The molecule has 0 saturated heterocycles. The van der Waals surface area contributed by atoms with E-state index in [1.54, 1.807) is 47.9 Å². The minimum atomic E-state index is -0.571. The highest BCUT2D eigenvalue weighted by Gasteiger charge is 2.39. The predicted molar refractivity (Wildman–Crippen MR) is 92.8 cm³/mol. The van der Waals surface area contributed by atoms with E-state index in [1.165, 1.54) is 0 Å². The molecule has 110 valence electrons. The summed E-state index contributed by atoms with van der Waals surface area (Å²) in [6, 6.07) is 10.3. The summed E-state index contributed by atoms with van der Waals surface area (Å²) in [5.41, 5.74) is 6.90. The normalized spacial score (nSPS) is 20.5. The van der Waals surface area contributed by atoms with E-state index in [9.17, 15) is 4.79 Å². The van der Waals surface area contributed by atoms with Gasteiger partial charge in [-0.2, -0.15) is 0 Å². The molecule has 0 spiro atoms. The first kappa shape index (κ1) is 14.7. The number of nitrogens with zero attached hydrogens (tertiary/aromatic N) is 2. The number of benzene rings is 1. The van der Waals surface area contributed by atoms with Gasteiger partial charge in [-0.3, -0.25) is 0 Å². The van der Waals surface area contributed by atoms with Crippen LogP contribution in [-0.2, 0) is 0 Å². The molecule has 4 nitrogen and oxygen atoms in total. The van der Waals surface area contributed by atoms with Gasteiger partial charge < -0.3 is 5.73 Å². The Bertz CT molecular complexity index is 778. The van der Waals surface area contributed by atoms with Crippen molar-refractivity contribution in [2.75, 3.05) is 0 Å². The fourth-order valence-corrected chi connectivity index (χ4v) is 2.88. The lowest BCUT2D eigenvalue weighted by Gasteiger charge is -2.19. The Kier molecular flexibility index (Phi) is 3.94. The topological polar surface area (TPSA) is 55.5 Å². The predicted octanol–water partition coefficient (Wildman–Crippen LogP) is 4.38. The van der Waals surface area contributed by atoms with Crippen molar-refractivity contribution in [3.63, 3.8) is 0 Å². The molecule has 1 aromatic carbocycles. The molecule has 6 heteroatoms. The third-order valence-corrected chi connectivity index (χ3v) is 4.34. The van der Waals surface area contributed by atoms with E-state index in [4.69, 9.17) is 17.3 Å². The molecule has 2 amide bonds. The number of amides is 2. The largest absolute Gasteiger partial charge is 0.450 e. The highest BCUT2D eigenvalue weighted by molar-refractivity contribution is 7.10. The van der Waals surface area contributed by atoms with E-state index in [1.807, 2.05) is 29.7 Å². The molecule has 22 heavy (non-hydrogen) atoms. The molecule has 2 aromatic rings. The zero-order chi connectivity index (χ0) is 15.6. The number of carbonyl (C=O) groups excluding carboxylic acids is 1. The SMILES string of the molecule is NC(=O)[N+]1(c2ccc(Cl)cc2)C=CC(C=Cc2cccs2)=N1. The fourth-order valence-electron chi connectivity index (χ4n) is 2.14. The van der Waals surface area contributed by atoms with Gasteiger partial charge in [-0.15, -0.1) is 11.3 Å². The van der Waals surface area contributed by atoms with Gasteiger partial charge in [0.15, 0.2) is 5.69 Å². The molecule has 1 atom stereocenters. The van der Waals surface area contributed by atoms with Gasteiger partial charge in [-0.25, -0.2) is 4.79 Å². The molecular weight excluding hydrogens is 318 g/mol. The van der Waals surface area contributed by atoms with Crippen molar-refractivity contribution >= 4 is 46.4 Å². The molecular formula is C16H13ClN3OS+. The summed E-state index contributed by atoms with van der Waals surface area (Å²) in [6.07, 6.45) is 7.26. The standard InChI is InChI=1S/C16H12ClN3OS/c17-12-3-6-14(7-4-12)20(16(18)21)10-9-13(19-20)5-8-15-2-1-11-22-15/h1-11H,(H-,18,21)/p+1. The van der Waals surface area contributed by atoms with Crippen LogP contribution >= 0.6 is 22.9 Å². The number of carbonyl (C=O) groups is 1. The second-order valence-electron chi connectivity index (χ2n) is 4.69. The average molecular weight is 331 g/mol. The van der Waals surface area contributed by atoms with E-state index in [2.05, 4.69) is 5.10 Å². The summed E-state index contributed by atoms with van der Waals surface area (Å²) >= 11 is 7.52. The molecule has 1 aliphatic rings. The number of primary amides is 1. The summed E-state index contributed by atoms with van der Waals surface area (Å²) in [7, 11) is 0. The van der Waals surface area contributed by atoms with Gasteiger partial charge in [-0.1, -0.05) is 27.4 Å². The van der Waals surface area contributed by atoms with Crippen LogP contribution in [0.25, 0.3) is 6.08 Å². The zero-order valence-corrected chi connectivity index (χ0v) is 13.1. The number of allylic oxidation sites excluding steroid dienone is 2. The molecule has 0 fully saturated rings. The third-order valence-electron chi connectivity index (χ3n) is 3.25. The van der Waals surface area contributed by atoms with Crippen LogP contribution in [-0.4, -0.2) is 11.7 Å². The number of hydrogen-bond acceptors (Lipinski definition) is 3. The lowest BCUT2D eigenvalue weighted by molar-refractivity contribution is 0.227. The van der Waals surface area contributed by atoms with E-state index < -0.39 is 6.03 Å². The average Bonchev–Trinajstić information content (AvgIpc) is 3.16.